The molecule has 0 aliphatic heterocycles. The Morgan fingerprint density at radius 2 is 2.09 bits per heavy atom. The van der Waals surface area contributed by atoms with Crippen molar-refractivity contribution in [2.75, 3.05) is 6.61 Å². The number of rotatable bonds is 3. The van der Waals surface area contributed by atoms with Gasteiger partial charge in [-0.15, -0.1) is 0 Å². The van der Waals surface area contributed by atoms with E-state index in [1.54, 1.807) is 0 Å². The third kappa shape index (κ3) is 4.82. The van der Waals surface area contributed by atoms with Crippen LogP contribution in [0.5, 0.6) is 0 Å². The van der Waals surface area contributed by atoms with Crippen LogP contribution in [0, 0.1) is 11.3 Å². The van der Waals surface area contributed by atoms with Crippen LogP contribution in [0.1, 0.15) is 33.6 Å². The zero-order chi connectivity index (χ0) is 8.32. The van der Waals surface area contributed by atoms with Gasteiger partial charge in [-0.3, -0.25) is 0 Å². The molecule has 1 aliphatic carbocycles. The lowest BCUT2D eigenvalue weighted by Gasteiger charge is -2.14. The summed E-state index contributed by atoms with van der Waals surface area (Å²) in [6, 6.07) is 0. The van der Waals surface area contributed by atoms with Crippen LogP contribution in [-0.4, -0.2) is 12.8 Å². The van der Waals surface area contributed by atoms with Crippen LogP contribution in [0.15, 0.2) is 5.16 Å². The minimum absolute atomic E-state index is 0.223. The molecule has 0 aromatic heterocycles. The molecule has 1 saturated carbocycles. The maximum Gasteiger partial charge on any atom is 0.122 e. The Morgan fingerprint density at radius 3 is 2.55 bits per heavy atom. The van der Waals surface area contributed by atoms with Gasteiger partial charge < -0.3 is 4.84 Å². The van der Waals surface area contributed by atoms with Gasteiger partial charge in [-0.25, -0.2) is 0 Å². The smallest absolute Gasteiger partial charge is 0.122 e. The van der Waals surface area contributed by atoms with Gasteiger partial charge in [0.15, 0.2) is 0 Å². The van der Waals surface area contributed by atoms with Gasteiger partial charge in [0.1, 0.15) is 6.61 Å². The summed E-state index contributed by atoms with van der Waals surface area (Å²) in [6.45, 7) is 7.12. The molecule has 2 heteroatoms. The molecule has 0 radical (unpaired) electrons. The maximum atomic E-state index is 5.12. The Hall–Kier alpha value is -0.530. The zero-order valence-corrected chi connectivity index (χ0v) is 7.63. The molecule has 0 spiro atoms. The fourth-order valence-corrected chi connectivity index (χ4v) is 0.605. The van der Waals surface area contributed by atoms with Crippen molar-refractivity contribution < 1.29 is 4.84 Å². The van der Waals surface area contributed by atoms with Gasteiger partial charge in [0, 0.05) is 6.21 Å². The summed E-state index contributed by atoms with van der Waals surface area (Å²) in [5.74, 6) is 0.718. The third-order valence-corrected chi connectivity index (χ3v) is 1.47. The quantitative estimate of drug-likeness (QED) is 0.453. The molecule has 0 aromatic rings. The van der Waals surface area contributed by atoms with Crippen molar-refractivity contribution in [2.45, 2.75) is 33.6 Å². The highest BCUT2D eigenvalue weighted by atomic mass is 16.6. The van der Waals surface area contributed by atoms with E-state index in [0.29, 0.717) is 6.61 Å². The number of oxime groups is 1. The van der Waals surface area contributed by atoms with Crippen molar-refractivity contribution in [3.63, 3.8) is 0 Å². The summed E-state index contributed by atoms with van der Waals surface area (Å²) in [6.07, 6.45) is 4.51. The first-order valence-electron chi connectivity index (χ1n) is 4.23. The molecule has 1 rings (SSSR count). The van der Waals surface area contributed by atoms with E-state index >= 15 is 0 Å². The van der Waals surface area contributed by atoms with Gasteiger partial charge in [-0.2, -0.15) is 0 Å². The summed E-state index contributed by atoms with van der Waals surface area (Å²) >= 11 is 0. The second-order valence-corrected chi connectivity index (χ2v) is 4.43. The van der Waals surface area contributed by atoms with Gasteiger partial charge >= 0.3 is 0 Å². The molecule has 0 aromatic carbocycles. The second kappa shape index (κ2) is 3.24. The predicted octanol–water partition coefficient (Wildman–Crippen LogP) is 2.44. The molecule has 2 nitrogen and oxygen atoms in total. The van der Waals surface area contributed by atoms with Crippen LogP contribution in [-0.2, 0) is 4.84 Å². The highest BCUT2D eigenvalue weighted by molar-refractivity contribution is 5.62. The summed E-state index contributed by atoms with van der Waals surface area (Å²) in [5.41, 5.74) is 0.223. The Morgan fingerprint density at radius 1 is 1.45 bits per heavy atom. The van der Waals surface area contributed by atoms with Crippen LogP contribution in [0.25, 0.3) is 0 Å². The molecule has 1 fully saturated rings. The van der Waals surface area contributed by atoms with Gasteiger partial charge in [-0.1, -0.05) is 25.9 Å². The van der Waals surface area contributed by atoms with Crippen LogP contribution in [0.2, 0.25) is 0 Å². The van der Waals surface area contributed by atoms with Crippen LogP contribution >= 0.6 is 0 Å². The minimum Gasteiger partial charge on any atom is -0.396 e. The first-order chi connectivity index (χ1) is 5.08. The lowest BCUT2D eigenvalue weighted by Crippen LogP contribution is -2.12. The average molecular weight is 155 g/mol. The van der Waals surface area contributed by atoms with E-state index in [1.807, 2.05) is 6.21 Å². The molecular formula is C9H17NO. The van der Waals surface area contributed by atoms with Gasteiger partial charge in [0.05, 0.1) is 0 Å². The number of hydrogen-bond donors (Lipinski definition) is 0. The van der Waals surface area contributed by atoms with E-state index < -0.39 is 0 Å². The molecule has 0 amide bonds. The fraction of sp³-hybridized carbons (Fsp3) is 0.889. The van der Waals surface area contributed by atoms with Crippen molar-refractivity contribution in [2.24, 2.45) is 16.5 Å². The van der Waals surface area contributed by atoms with Crippen LogP contribution in [0.4, 0.5) is 0 Å². The Bertz CT molecular complexity index is 142. The van der Waals surface area contributed by atoms with Gasteiger partial charge in [0.25, 0.3) is 0 Å². The minimum atomic E-state index is 0.223. The van der Waals surface area contributed by atoms with Crippen molar-refractivity contribution >= 4 is 6.21 Å². The van der Waals surface area contributed by atoms with E-state index in [9.17, 15) is 0 Å². The molecule has 0 unspecified atom stereocenters. The third-order valence-electron chi connectivity index (χ3n) is 1.47. The fourth-order valence-electron chi connectivity index (χ4n) is 0.605. The van der Waals surface area contributed by atoms with Crippen molar-refractivity contribution in [3.05, 3.63) is 0 Å². The largest absolute Gasteiger partial charge is 0.396 e. The summed E-state index contributed by atoms with van der Waals surface area (Å²) in [7, 11) is 0. The summed E-state index contributed by atoms with van der Waals surface area (Å²) in [5, 5.41) is 3.89. The summed E-state index contributed by atoms with van der Waals surface area (Å²) < 4.78 is 0. The zero-order valence-electron chi connectivity index (χ0n) is 7.63. The molecule has 0 N–H and O–H groups in total. The standard InChI is InChI=1S/C9H17NO/c1-9(2,3)7-11-10-6-8-4-5-8/h6,8H,4-5,7H2,1-3H3/b10-6+. The lowest BCUT2D eigenvalue weighted by atomic mass is 9.99. The Kier molecular flexibility index (Phi) is 2.53. The van der Waals surface area contributed by atoms with Crippen molar-refractivity contribution in [3.8, 4) is 0 Å². The van der Waals surface area contributed by atoms with E-state index in [2.05, 4.69) is 25.9 Å². The lowest BCUT2D eigenvalue weighted by molar-refractivity contribution is 0.0777. The van der Waals surface area contributed by atoms with E-state index in [0.717, 1.165) is 5.92 Å². The molecule has 0 heterocycles. The Balaban J connectivity index is 2.02. The van der Waals surface area contributed by atoms with Crippen molar-refractivity contribution in [1.82, 2.24) is 0 Å². The van der Waals surface area contributed by atoms with Gasteiger partial charge in [0.2, 0.25) is 0 Å². The maximum absolute atomic E-state index is 5.12. The second-order valence-electron chi connectivity index (χ2n) is 4.43. The highest BCUT2D eigenvalue weighted by Crippen LogP contribution is 2.26. The summed E-state index contributed by atoms with van der Waals surface area (Å²) in [4.78, 5) is 5.12. The highest BCUT2D eigenvalue weighted by Gasteiger charge is 2.18. The van der Waals surface area contributed by atoms with E-state index in [-0.39, 0.29) is 5.41 Å². The number of nitrogens with zero attached hydrogens (tertiary/aromatic N) is 1. The SMILES string of the molecule is CC(C)(C)CO/N=C/C1CC1. The predicted molar refractivity (Wildman–Crippen MR) is 46.6 cm³/mol. The molecule has 1 aliphatic rings. The first-order valence-corrected chi connectivity index (χ1v) is 4.23. The topological polar surface area (TPSA) is 21.6 Å². The van der Waals surface area contributed by atoms with Crippen LogP contribution in [0.3, 0.4) is 0 Å². The molecule has 0 saturated heterocycles. The molecule has 64 valence electrons. The monoisotopic (exact) mass is 155 g/mol. The normalized spacial score (nSPS) is 19.2. The molecule has 0 atom stereocenters. The van der Waals surface area contributed by atoms with Crippen molar-refractivity contribution in [1.29, 1.82) is 0 Å². The average Bonchev–Trinajstić information content (AvgIpc) is 2.60. The first kappa shape index (κ1) is 8.57. The van der Waals surface area contributed by atoms with Gasteiger partial charge in [-0.05, 0) is 24.2 Å². The molecule has 0 bridgehead atoms. The van der Waals surface area contributed by atoms with E-state index in [1.165, 1.54) is 12.8 Å². The molecular weight excluding hydrogens is 138 g/mol. The number of hydrogen-bond acceptors (Lipinski definition) is 2. The Labute approximate surface area is 68.6 Å². The van der Waals surface area contributed by atoms with Crippen LogP contribution < -0.4 is 0 Å². The molecule has 11 heavy (non-hydrogen) atoms. The van der Waals surface area contributed by atoms with E-state index in [4.69, 9.17) is 4.84 Å².